The van der Waals surface area contributed by atoms with Gasteiger partial charge in [-0.15, -0.1) is 0 Å². The van der Waals surface area contributed by atoms with Crippen LogP contribution < -0.4 is 10.5 Å². The van der Waals surface area contributed by atoms with Crippen molar-refractivity contribution < 1.29 is 8.42 Å². The SMILES string of the molecule is CCCn1cc(S(=O)(=O)NCC2CCCCS2)c(N)n1. The molecule has 1 fully saturated rings. The number of rotatable bonds is 6. The Morgan fingerprint density at radius 1 is 1.55 bits per heavy atom. The molecule has 1 aliphatic heterocycles. The summed E-state index contributed by atoms with van der Waals surface area (Å²) in [6, 6.07) is 0. The maximum absolute atomic E-state index is 12.3. The zero-order chi connectivity index (χ0) is 14.6. The molecular formula is C12H22N4O2S2. The molecule has 0 aromatic carbocycles. The maximum atomic E-state index is 12.3. The van der Waals surface area contributed by atoms with Crippen LogP contribution in [0.1, 0.15) is 32.6 Å². The summed E-state index contributed by atoms with van der Waals surface area (Å²) in [4.78, 5) is 0.0896. The Balaban J connectivity index is 2.01. The summed E-state index contributed by atoms with van der Waals surface area (Å²) in [5.41, 5.74) is 5.71. The predicted molar refractivity (Wildman–Crippen MR) is 82.2 cm³/mol. The zero-order valence-corrected chi connectivity index (χ0v) is 13.3. The first-order valence-corrected chi connectivity index (χ1v) is 9.50. The first kappa shape index (κ1) is 15.7. The lowest BCUT2D eigenvalue weighted by atomic mass is 10.2. The molecule has 20 heavy (non-hydrogen) atoms. The molecule has 0 saturated carbocycles. The Morgan fingerprint density at radius 2 is 2.35 bits per heavy atom. The van der Waals surface area contributed by atoms with Crippen LogP contribution in [0.5, 0.6) is 0 Å². The molecule has 1 unspecified atom stereocenters. The fourth-order valence-electron chi connectivity index (χ4n) is 2.22. The fourth-order valence-corrected chi connectivity index (χ4v) is 4.71. The third-order valence-corrected chi connectivity index (χ3v) is 6.11. The Hall–Kier alpha value is -0.730. The molecular weight excluding hydrogens is 296 g/mol. The van der Waals surface area contributed by atoms with Gasteiger partial charge in [0.25, 0.3) is 0 Å². The van der Waals surface area contributed by atoms with E-state index in [4.69, 9.17) is 5.73 Å². The van der Waals surface area contributed by atoms with E-state index in [1.54, 1.807) is 4.68 Å². The molecule has 0 aliphatic carbocycles. The van der Waals surface area contributed by atoms with Gasteiger partial charge in [-0.1, -0.05) is 13.3 Å². The topological polar surface area (TPSA) is 90.0 Å². The number of nitrogens with zero attached hydrogens (tertiary/aromatic N) is 2. The molecule has 2 heterocycles. The van der Waals surface area contributed by atoms with E-state index in [0.29, 0.717) is 18.3 Å². The number of hydrogen-bond acceptors (Lipinski definition) is 5. The van der Waals surface area contributed by atoms with Crippen molar-refractivity contribution in [1.82, 2.24) is 14.5 Å². The van der Waals surface area contributed by atoms with Crippen LogP contribution in [-0.4, -0.2) is 35.7 Å². The molecule has 0 bridgehead atoms. The van der Waals surface area contributed by atoms with E-state index in [1.165, 1.54) is 19.0 Å². The van der Waals surface area contributed by atoms with E-state index in [9.17, 15) is 8.42 Å². The quantitative estimate of drug-likeness (QED) is 0.828. The molecule has 114 valence electrons. The molecule has 0 radical (unpaired) electrons. The van der Waals surface area contributed by atoms with Crippen LogP contribution in [-0.2, 0) is 16.6 Å². The van der Waals surface area contributed by atoms with Crippen molar-refractivity contribution in [2.75, 3.05) is 18.0 Å². The molecule has 6 nitrogen and oxygen atoms in total. The van der Waals surface area contributed by atoms with Crippen molar-refractivity contribution in [3.63, 3.8) is 0 Å². The third kappa shape index (κ3) is 3.89. The van der Waals surface area contributed by atoms with Crippen LogP contribution in [0.4, 0.5) is 5.82 Å². The number of anilines is 1. The van der Waals surface area contributed by atoms with E-state index in [2.05, 4.69) is 9.82 Å². The number of nitrogens with two attached hydrogens (primary N) is 1. The third-order valence-electron chi connectivity index (χ3n) is 3.27. The Labute approximate surface area is 124 Å². The highest BCUT2D eigenvalue weighted by molar-refractivity contribution is 8.00. The van der Waals surface area contributed by atoms with Crippen molar-refractivity contribution in [2.45, 2.75) is 49.3 Å². The van der Waals surface area contributed by atoms with Crippen molar-refractivity contribution >= 4 is 27.6 Å². The van der Waals surface area contributed by atoms with Gasteiger partial charge in [0.2, 0.25) is 10.0 Å². The Morgan fingerprint density at radius 3 is 3.00 bits per heavy atom. The lowest BCUT2D eigenvalue weighted by Gasteiger charge is -2.21. The highest BCUT2D eigenvalue weighted by Crippen LogP contribution is 2.25. The summed E-state index contributed by atoms with van der Waals surface area (Å²) in [6.07, 6.45) is 5.86. The summed E-state index contributed by atoms with van der Waals surface area (Å²) in [6.45, 7) is 3.13. The minimum absolute atomic E-state index is 0.0715. The van der Waals surface area contributed by atoms with Crippen molar-refractivity contribution in [3.05, 3.63) is 6.20 Å². The number of sulfonamides is 1. The van der Waals surface area contributed by atoms with E-state index >= 15 is 0 Å². The second-order valence-electron chi connectivity index (χ2n) is 4.98. The molecule has 8 heteroatoms. The van der Waals surface area contributed by atoms with E-state index in [0.717, 1.165) is 18.6 Å². The molecule has 1 aromatic rings. The van der Waals surface area contributed by atoms with Gasteiger partial charge in [-0.05, 0) is 25.0 Å². The van der Waals surface area contributed by atoms with E-state index in [1.807, 2.05) is 18.7 Å². The maximum Gasteiger partial charge on any atom is 0.245 e. The highest BCUT2D eigenvalue weighted by Gasteiger charge is 2.23. The molecule has 1 atom stereocenters. The first-order valence-electron chi connectivity index (χ1n) is 6.97. The summed E-state index contributed by atoms with van der Waals surface area (Å²) < 4.78 is 28.8. The molecule has 0 amide bonds. The molecule has 3 N–H and O–H groups in total. The van der Waals surface area contributed by atoms with Crippen molar-refractivity contribution in [3.8, 4) is 0 Å². The summed E-state index contributed by atoms with van der Waals surface area (Å²) >= 11 is 1.84. The largest absolute Gasteiger partial charge is 0.381 e. The second-order valence-corrected chi connectivity index (χ2v) is 8.13. The monoisotopic (exact) mass is 318 g/mol. The standard InChI is InChI=1S/C12H22N4O2S2/c1-2-6-16-9-11(12(13)15-16)20(17,18)14-8-10-5-3-4-7-19-10/h9-10,14H,2-8H2,1H3,(H2,13,15). The van der Waals surface area contributed by atoms with Gasteiger partial charge >= 0.3 is 0 Å². The number of hydrogen-bond donors (Lipinski definition) is 2. The molecule has 1 aromatic heterocycles. The average Bonchev–Trinajstić information content (AvgIpc) is 2.80. The normalized spacial score (nSPS) is 20.1. The number of nitrogens with one attached hydrogen (secondary N) is 1. The van der Waals surface area contributed by atoms with Crippen LogP contribution in [0.2, 0.25) is 0 Å². The van der Waals surface area contributed by atoms with Crippen LogP contribution in [0.25, 0.3) is 0 Å². The zero-order valence-electron chi connectivity index (χ0n) is 11.7. The highest BCUT2D eigenvalue weighted by atomic mass is 32.2. The smallest absolute Gasteiger partial charge is 0.245 e. The van der Waals surface area contributed by atoms with Crippen molar-refractivity contribution in [2.24, 2.45) is 0 Å². The molecule has 2 rings (SSSR count). The number of nitrogen functional groups attached to an aromatic ring is 1. The summed E-state index contributed by atoms with van der Waals surface area (Å²) in [5, 5.41) is 4.40. The molecule has 1 aliphatic rings. The summed E-state index contributed by atoms with van der Waals surface area (Å²) in [7, 11) is -3.56. The van der Waals surface area contributed by atoms with Crippen LogP contribution in [0.3, 0.4) is 0 Å². The van der Waals surface area contributed by atoms with Gasteiger partial charge in [0.15, 0.2) is 5.82 Å². The minimum Gasteiger partial charge on any atom is -0.381 e. The van der Waals surface area contributed by atoms with Gasteiger partial charge in [-0.25, -0.2) is 13.1 Å². The lowest BCUT2D eigenvalue weighted by molar-refractivity contribution is 0.572. The second kappa shape index (κ2) is 6.82. The van der Waals surface area contributed by atoms with Gasteiger partial charge in [0.1, 0.15) is 4.90 Å². The van der Waals surface area contributed by atoms with Gasteiger partial charge < -0.3 is 5.73 Å². The van der Waals surface area contributed by atoms with Gasteiger partial charge in [-0.3, -0.25) is 4.68 Å². The van der Waals surface area contributed by atoms with E-state index in [-0.39, 0.29) is 10.7 Å². The molecule has 1 saturated heterocycles. The minimum atomic E-state index is -3.56. The van der Waals surface area contributed by atoms with Gasteiger partial charge in [0, 0.05) is 24.5 Å². The van der Waals surface area contributed by atoms with Crippen LogP contribution >= 0.6 is 11.8 Å². The van der Waals surface area contributed by atoms with Gasteiger partial charge in [-0.2, -0.15) is 16.9 Å². The van der Waals surface area contributed by atoms with E-state index < -0.39 is 10.0 Å². The van der Waals surface area contributed by atoms with Crippen LogP contribution in [0, 0.1) is 0 Å². The molecule has 0 spiro atoms. The predicted octanol–water partition coefficient (Wildman–Crippen LogP) is 1.44. The lowest BCUT2D eigenvalue weighted by Crippen LogP contribution is -2.32. The first-order chi connectivity index (χ1) is 9.53. The fraction of sp³-hybridized carbons (Fsp3) is 0.750. The number of aryl methyl sites for hydroxylation is 1. The Kier molecular flexibility index (Phi) is 5.34. The van der Waals surface area contributed by atoms with Gasteiger partial charge in [0.05, 0.1) is 0 Å². The number of aromatic nitrogens is 2. The summed E-state index contributed by atoms with van der Waals surface area (Å²) in [5.74, 6) is 1.19. The average molecular weight is 318 g/mol. The van der Waals surface area contributed by atoms with Crippen molar-refractivity contribution in [1.29, 1.82) is 0 Å². The Bertz CT molecular complexity index is 536. The number of thioether (sulfide) groups is 1. The van der Waals surface area contributed by atoms with Crippen LogP contribution in [0.15, 0.2) is 11.1 Å².